The molecule has 0 unspecified atom stereocenters. The minimum atomic E-state index is -2.84. The predicted octanol–water partition coefficient (Wildman–Crippen LogP) is 2.26. The first-order chi connectivity index (χ1) is 7.99. The third-order valence-electron chi connectivity index (χ3n) is 1.99. The van der Waals surface area contributed by atoms with E-state index in [0.717, 1.165) is 6.07 Å². The molecule has 17 heavy (non-hydrogen) atoms. The number of carboxylic acids is 1. The molecular weight excluding hydrogens is 254 g/mol. The zero-order valence-electron chi connectivity index (χ0n) is 8.45. The standard InChI is InChI=1S/C10H7ClF2N2O2/c11-3-5-1-8(10(12)13)15-7(2-9(16)17)6(5)4-14/h1,10H,2-3H2,(H,16,17). The van der Waals surface area contributed by atoms with E-state index in [1.54, 1.807) is 6.07 Å². The lowest BCUT2D eigenvalue weighted by Crippen LogP contribution is -2.09. The van der Waals surface area contributed by atoms with E-state index >= 15 is 0 Å². The van der Waals surface area contributed by atoms with Crippen LogP contribution in [0, 0.1) is 11.3 Å². The van der Waals surface area contributed by atoms with Crippen LogP contribution in [0.25, 0.3) is 0 Å². The minimum Gasteiger partial charge on any atom is -0.481 e. The third-order valence-corrected chi connectivity index (χ3v) is 2.28. The normalized spacial score (nSPS) is 10.3. The van der Waals surface area contributed by atoms with Gasteiger partial charge in [0, 0.05) is 5.88 Å². The fraction of sp³-hybridized carbons (Fsp3) is 0.300. The van der Waals surface area contributed by atoms with Gasteiger partial charge in [0.05, 0.1) is 17.7 Å². The van der Waals surface area contributed by atoms with E-state index < -0.39 is 24.5 Å². The molecule has 1 aromatic rings. The minimum absolute atomic E-state index is 0.0493. The van der Waals surface area contributed by atoms with E-state index in [9.17, 15) is 13.6 Å². The number of nitriles is 1. The Morgan fingerprint density at radius 1 is 1.65 bits per heavy atom. The molecule has 0 aromatic carbocycles. The molecule has 0 saturated heterocycles. The first-order valence-electron chi connectivity index (χ1n) is 4.48. The summed E-state index contributed by atoms with van der Waals surface area (Å²) in [5.74, 6) is -1.40. The van der Waals surface area contributed by atoms with Gasteiger partial charge in [-0.1, -0.05) is 0 Å². The Hall–Kier alpha value is -1.74. The number of aliphatic carboxylic acids is 1. The molecule has 0 saturated carbocycles. The topological polar surface area (TPSA) is 74.0 Å². The number of pyridine rings is 1. The van der Waals surface area contributed by atoms with E-state index in [1.807, 2.05) is 0 Å². The van der Waals surface area contributed by atoms with Gasteiger partial charge in [0.1, 0.15) is 11.8 Å². The highest BCUT2D eigenvalue weighted by atomic mass is 35.5. The van der Waals surface area contributed by atoms with Crippen molar-refractivity contribution >= 4 is 17.6 Å². The highest BCUT2D eigenvalue weighted by Gasteiger charge is 2.18. The van der Waals surface area contributed by atoms with Crippen molar-refractivity contribution in [2.24, 2.45) is 0 Å². The fourth-order valence-electron chi connectivity index (χ4n) is 1.30. The van der Waals surface area contributed by atoms with Gasteiger partial charge in [0.2, 0.25) is 0 Å². The second-order valence-electron chi connectivity index (χ2n) is 3.14. The first kappa shape index (κ1) is 13.3. The molecule has 0 bridgehead atoms. The van der Waals surface area contributed by atoms with Gasteiger partial charge >= 0.3 is 5.97 Å². The van der Waals surface area contributed by atoms with Crippen molar-refractivity contribution in [3.8, 4) is 6.07 Å². The second-order valence-corrected chi connectivity index (χ2v) is 3.41. The summed E-state index contributed by atoms with van der Waals surface area (Å²) in [6.45, 7) is 0. The number of carbonyl (C=O) groups is 1. The maximum atomic E-state index is 12.5. The van der Waals surface area contributed by atoms with Crippen LogP contribution in [0.3, 0.4) is 0 Å². The van der Waals surface area contributed by atoms with Gasteiger partial charge in [-0.15, -0.1) is 11.6 Å². The molecule has 7 heteroatoms. The number of hydrogen-bond donors (Lipinski definition) is 1. The van der Waals surface area contributed by atoms with E-state index in [2.05, 4.69) is 4.98 Å². The third kappa shape index (κ3) is 3.11. The Labute approximate surface area is 100 Å². The molecule has 0 aliphatic rings. The van der Waals surface area contributed by atoms with Gasteiger partial charge in [0.25, 0.3) is 6.43 Å². The van der Waals surface area contributed by atoms with Crippen molar-refractivity contribution in [1.82, 2.24) is 4.98 Å². The van der Waals surface area contributed by atoms with Crippen LogP contribution in [-0.4, -0.2) is 16.1 Å². The second kappa shape index (κ2) is 5.55. The Kier molecular flexibility index (Phi) is 4.35. The van der Waals surface area contributed by atoms with Crippen LogP contribution in [-0.2, 0) is 17.1 Å². The van der Waals surface area contributed by atoms with Crippen LogP contribution in [0.1, 0.15) is 28.9 Å². The van der Waals surface area contributed by atoms with Crippen molar-refractivity contribution < 1.29 is 18.7 Å². The Bertz CT molecular complexity index is 486. The molecule has 1 N–H and O–H groups in total. The predicted molar refractivity (Wildman–Crippen MR) is 54.8 cm³/mol. The fourth-order valence-corrected chi connectivity index (χ4v) is 1.52. The Morgan fingerprint density at radius 2 is 2.29 bits per heavy atom. The van der Waals surface area contributed by atoms with E-state index in [4.69, 9.17) is 22.0 Å². The first-order valence-corrected chi connectivity index (χ1v) is 5.01. The maximum Gasteiger partial charge on any atom is 0.309 e. The summed E-state index contributed by atoms with van der Waals surface area (Å²) in [5, 5.41) is 17.5. The largest absolute Gasteiger partial charge is 0.481 e. The van der Waals surface area contributed by atoms with Crippen molar-refractivity contribution in [2.45, 2.75) is 18.7 Å². The molecular formula is C10H7ClF2N2O2. The molecule has 1 heterocycles. The van der Waals surface area contributed by atoms with Crippen molar-refractivity contribution in [2.75, 3.05) is 0 Å². The molecule has 1 rings (SSSR count). The van der Waals surface area contributed by atoms with E-state index in [1.165, 1.54) is 0 Å². The SMILES string of the molecule is N#Cc1c(CCl)cc(C(F)F)nc1CC(=O)O. The van der Waals surface area contributed by atoms with Crippen LogP contribution < -0.4 is 0 Å². The van der Waals surface area contributed by atoms with Crippen LogP contribution in [0.4, 0.5) is 8.78 Å². The molecule has 1 aromatic heterocycles. The zero-order chi connectivity index (χ0) is 13.0. The number of halogens is 3. The Balaban J connectivity index is 3.38. The highest BCUT2D eigenvalue weighted by Crippen LogP contribution is 2.23. The average molecular weight is 261 g/mol. The number of alkyl halides is 3. The summed E-state index contributed by atoms with van der Waals surface area (Å²) in [7, 11) is 0. The monoisotopic (exact) mass is 260 g/mol. The molecule has 0 amide bonds. The van der Waals surface area contributed by atoms with Gasteiger partial charge in [0.15, 0.2) is 0 Å². The lowest BCUT2D eigenvalue weighted by Gasteiger charge is -2.08. The van der Waals surface area contributed by atoms with Crippen molar-refractivity contribution in [3.05, 3.63) is 28.6 Å². The van der Waals surface area contributed by atoms with E-state index in [-0.39, 0.29) is 22.7 Å². The molecule has 0 atom stereocenters. The number of nitrogens with zero attached hydrogens (tertiary/aromatic N) is 2. The highest BCUT2D eigenvalue weighted by molar-refractivity contribution is 6.17. The van der Waals surface area contributed by atoms with Crippen LogP contribution in [0.5, 0.6) is 0 Å². The summed E-state index contributed by atoms with van der Waals surface area (Å²) in [6, 6.07) is 2.75. The van der Waals surface area contributed by atoms with Crippen LogP contribution >= 0.6 is 11.6 Å². The van der Waals surface area contributed by atoms with Crippen LogP contribution in [0.15, 0.2) is 6.07 Å². The average Bonchev–Trinajstić information content (AvgIpc) is 2.26. The lowest BCUT2D eigenvalue weighted by atomic mass is 10.1. The van der Waals surface area contributed by atoms with Crippen molar-refractivity contribution in [3.63, 3.8) is 0 Å². The number of carboxylic acid groups (broad SMARTS) is 1. The molecule has 90 valence electrons. The number of hydrogen-bond acceptors (Lipinski definition) is 3. The molecule has 0 spiro atoms. The van der Waals surface area contributed by atoms with Gasteiger partial charge < -0.3 is 5.11 Å². The van der Waals surface area contributed by atoms with Gasteiger partial charge in [-0.05, 0) is 11.6 Å². The Morgan fingerprint density at radius 3 is 2.71 bits per heavy atom. The quantitative estimate of drug-likeness (QED) is 0.843. The summed E-state index contributed by atoms with van der Waals surface area (Å²) in [5.41, 5.74) is -0.646. The molecule has 0 fully saturated rings. The molecule has 0 radical (unpaired) electrons. The number of aromatic nitrogens is 1. The van der Waals surface area contributed by atoms with Crippen molar-refractivity contribution in [1.29, 1.82) is 5.26 Å². The smallest absolute Gasteiger partial charge is 0.309 e. The lowest BCUT2D eigenvalue weighted by molar-refractivity contribution is -0.136. The summed E-state index contributed by atoms with van der Waals surface area (Å²) < 4.78 is 25.0. The van der Waals surface area contributed by atoms with Gasteiger partial charge in [-0.3, -0.25) is 4.79 Å². The number of rotatable bonds is 4. The summed E-state index contributed by atoms with van der Waals surface area (Å²) >= 11 is 5.52. The summed E-state index contributed by atoms with van der Waals surface area (Å²) in [4.78, 5) is 14.0. The van der Waals surface area contributed by atoms with Crippen LogP contribution in [0.2, 0.25) is 0 Å². The summed E-state index contributed by atoms with van der Waals surface area (Å²) in [6.07, 6.45) is -3.43. The zero-order valence-corrected chi connectivity index (χ0v) is 9.21. The van der Waals surface area contributed by atoms with Gasteiger partial charge in [-0.2, -0.15) is 5.26 Å². The molecule has 4 nitrogen and oxygen atoms in total. The maximum absolute atomic E-state index is 12.5. The molecule has 0 aliphatic carbocycles. The van der Waals surface area contributed by atoms with E-state index in [0.29, 0.717) is 0 Å². The molecule has 0 aliphatic heterocycles. The van der Waals surface area contributed by atoms with Gasteiger partial charge in [-0.25, -0.2) is 13.8 Å².